The summed E-state index contributed by atoms with van der Waals surface area (Å²) < 4.78 is 7.10. The SMILES string of the molecule is Cc1c(C(C)NC(=O)c2cc(-c3ccccc3)no2)cnn1-c1ccccc1. The predicted octanol–water partition coefficient (Wildman–Crippen LogP) is 4.33. The smallest absolute Gasteiger partial charge is 0.290 e. The normalized spacial score (nSPS) is 11.9. The van der Waals surface area contributed by atoms with Crippen LogP contribution in [0.4, 0.5) is 0 Å². The van der Waals surface area contributed by atoms with Crippen molar-refractivity contribution < 1.29 is 9.32 Å². The minimum absolute atomic E-state index is 0.179. The Bertz CT molecular complexity index is 1080. The number of hydrogen-bond donors (Lipinski definition) is 1. The van der Waals surface area contributed by atoms with Crippen molar-refractivity contribution >= 4 is 5.91 Å². The van der Waals surface area contributed by atoms with Crippen LogP contribution in [0.25, 0.3) is 16.9 Å². The first-order chi connectivity index (χ1) is 13.6. The Morgan fingerprint density at radius 2 is 1.75 bits per heavy atom. The Balaban J connectivity index is 1.50. The third-order valence-corrected chi connectivity index (χ3v) is 4.67. The van der Waals surface area contributed by atoms with Crippen molar-refractivity contribution in [2.75, 3.05) is 0 Å². The van der Waals surface area contributed by atoms with Gasteiger partial charge in [0.25, 0.3) is 5.91 Å². The van der Waals surface area contributed by atoms with Gasteiger partial charge in [-0.15, -0.1) is 0 Å². The minimum Gasteiger partial charge on any atom is -0.350 e. The summed E-state index contributed by atoms with van der Waals surface area (Å²) in [6.07, 6.45) is 1.78. The summed E-state index contributed by atoms with van der Waals surface area (Å²) in [4.78, 5) is 12.6. The molecule has 1 N–H and O–H groups in total. The summed E-state index contributed by atoms with van der Waals surface area (Å²) in [5, 5.41) is 11.4. The maximum Gasteiger partial charge on any atom is 0.290 e. The number of rotatable bonds is 5. The fourth-order valence-electron chi connectivity index (χ4n) is 3.15. The summed E-state index contributed by atoms with van der Waals surface area (Å²) >= 11 is 0. The van der Waals surface area contributed by atoms with E-state index in [9.17, 15) is 4.79 Å². The summed E-state index contributed by atoms with van der Waals surface area (Å²) in [7, 11) is 0. The third kappa shape index (κ3) is 3.44. The molecule has 4 aromatic rings. The molecule has 0 aliphatic heterocycles. The lowest BCUT2D eigenvalue weighted by atomic mass is 10.1. The van der Waals surface area contributed by atoms with E-state index in [0.29, 0.717) is 5.69 Å². The standard InChI is InChI=1S/C22H20N4O2/c1-15(19-14-23-26(16(19)2)18-11-7-4-8-12-18)24-22(27)21-13-20(25-28-21)17-9-5-3-6-10-17/h3-15H,1-2H3,(H,24,27). The Kier molecular flexibility index (Phi) is 4.76. The first-order valence-corrected chi connectivity index (χ1v) is 9.06. The molecule has 1 unspecified atom stereocenters. The highest BCUT2D eigenvalue weighted by Crippen LogP contribution is 2.22. The Hall–Kier alpha value is -3.67. The van der Waals surface area contributed by atoms with Crippen LogP contribution >= 0.6 is 0 Å². The van der Waals surface area contributed by atoms with Gasteiger partial charge in [0.15, 0.2) is 0 Å². The average molecular weight is 372 g/mol. The van der Waals surface area contributed by atoms with Crippen LogP contribution in [0.3, 0.4) is 0 Å². The lowest BCUT2D eigenvalue weighted by molar-refractivity contribution is 0.0902. The zero-order valence-electron chi connectivity index (χ0n) is 15.7. The molecular weight excluding hydrogens is 352 g/mol. The number of nitrogens with one attached hydrogen (secondary N) is 1. The molecule has 1 atom stereocenters. The number of nitrogens with zero attached hydrogens (tertiary/aromatic N) is 3. The number of para-hydroxylation sites is 1. The second-order valence-electron chi connectivity index (χ2n) is 6.57. The molecule has 4 rings (SSSR count). The van der Waals surface area contributed by atoms with Gasteiger partial charge >= 0.3 is 0 Å². The molecule has 1 amide bonds. The van der Waals surface area contributed by atoms with Crippen LogP contribution in [0.5, 0.6) is 0 Å². The number of hydrogen-bond acceptors (Lipinski definition) is 4. The molecule has 0 aliphatic rings. The maximum absolute atomic E-state index is 12.6. The van der Waals surface area contributed by atoms with E-state index in [4.69, 9.17) is 4.52 Å². The van der Waals surface area contributed by atoms with E-state index < -0.39 is 0 Å². The minimum atomic E-state index is -0.311. The molecular formula is C22H20N4O2. The largest absolute Gasteiger partial charge is 0.350 e. The molecule has 0 saturated heterocycles. The monoisotopic (exact) mass is 372 g/mol. The molecule has 6 nitrogen and oxygen atoms in total. The zero-order valence-corrected chi connectivity index (χ0v) is 15.7. The molecule has 0 spiro atoms. The number of aromatic nitrogens is 3. The van der Waals surface area contributed by atoms with E-state index in [1.165, 1.54) is 0 Å². The van der Waals surface area contributed by atoms with Gasteiger partial charge < -0.3 is 9.84 Å². The van der Waals surface area contributed by atoms with Gasteiger partial charge in [-0.1, -0.05) is 53.7 Å². The van der Waals surface area contributed by atoms with Crippen molar-refractivity contribution in [3.05, 3.63) is 89.9 Å². The molecule has 6 heteroatoms. The maximum atomic E-state index is 12.6. The molecule has 0 radical (unpaired) electrons. The molecule has 140 valence electrons. The van der Waals surface area contributed by atoms with Crippen molar-refractivity contribution in [2.24, 2.45) is 0 Å². The van der Waals surface area contributed by atoms with Gasteiger partial charge in [-0.05, 0) is 26.0 Å². The van der Waals surface area contributed by atoms with Gasteiger partial charge in [-0.25, -0.2) is 4.68 Å². The van der Waals surface area contributed by atoms with Crippen LogP contribution in [0.2, 0.25) is 0 Å². The number of amides is 1. The van der Waals surface area contributed by atoms with E-state index in [-0.39, 0.29) is 17.7 Å². The van der Waals surface area contributed by atoms with Crippen LogP contribution in [0.15, 0.2) is 77.4 Å². The highest BCUT2D eigenvalue weighted by atomic mass is 16.5. The molecule has 0 fully saturated rings. The summed E-state index contributed by atoms with van der Waals surface area (Å²) in [5.74, 6) is -0.132. The zero-order chi connectivity index (χ0) is 19.5. The number of benzene rings is 2. The van der Waals surface area contributed by atoms with E-state index in [2.05, 4.69) is 15.6 Å². The van der Waals surface area contributed by atoms with Crippen molar-refractivity contribution in [1.29, 1.82) is 0 Å². The van der Waals surface area contributed by atoms with Gasteiger partial charge in [0.05, 0.1) is 17.9 Å². The van der Waals surface area contributed by atoms with Crippen molar-refractivity contribution in [1.82, 2.24) is 20.3 Å². The van der Waals surface area contributed by atoms with Gasteiger partial charge in [0.2, 0.25) is 5.76 Å². The van der Waals surface area contributed by atoms with Crippen LogP contribution in [0, 0.1) is 6.92 Å². The van der Waals surface area contributed by atoms with Crippen molar-refractivity contribution in [3.63, 3.8) is 0 Å². The third-order valence-electron chi connectivity index (χ3n) is 4.67. The van der Waals surface area contributed by atoms with Gasteiger partial charge in [-0.3, -0.25) is 4.79 Å². The van der Waals surface area contributed by atoms with Gasteiger partial charge in [-0.2, -0.15) is 5.10 Å². The second kappa shape index (κ2) is 7.52. The van der Waals surface area contributed by atoms with E-state index in [0.717, 1.165) is 22.5 Å². The highest BCUT2D eigenvalue weighted by Gasteiger charge is 2.20. The second-order valence-corrected chi connectivity index (χ2v) is 6.57. The Morgan fingerprint density at radius 1 is 1.07 bits per heavy atom. The lowest BCUT2D eigenvalue weighted by Gasteiger charge is -2.13. The molecule has 2 aromatic carbocycles. The Labute approximate surface area is 162 Å². The van der Waals surface area contributed by atoms with Crippen LogP contribution in [-0.2, 0) is 0 Å². The number of carbonyl (C=O) groups excluding carboxylic acids is 1. The molecule has 0 aliphatic carbocycles. The summed E-state index contributed by atoms with van der Waals surface area (Å²) in [6, 6.07) is 20.9. The molecule has 0 bridgehead atoms. The van der Waals surface area contributed by atoms with Gasteiger partial charge in [0.1, 0.15) is 5.69 Å². The topological polar surface area (TPSA) is 73.0 Å². The molecule has 2 heterocycles. The lowest BCUT2D eigenvalue weighted by Crippen LogP contribution is -2.26. The van der Waals surface area contributed by atoms with E-state index in [1.54, 1.807) is 12.3 Å². The first-order valence-electron chi connectivity index (χ1n) is 9.06. The van der Waals surface area contributed by atoms with Crippen LogP contribution in [0.1, 0.15) is 34.8 Å². The fourth-order valence-corrected chi connectivity index (χ4v) is 3.15. The predicted molar refractivity (Wildman–Crippen MR) is 106 cm³/mol. The summed E-state index contributed by atoms with van der Waals surface area (Å²) in [6.45, 7) is 3.91. The van der Waals surface area contributed by atoms with Crippen molar-refractivity contribution in [3.8, 4) is 16.9 Å². The quantitative estimate of drug-likeness (QED) is 0.566. The molecule has 28 heavy (non-hydrogen) atoms. The Morgan fingerprint density at radius 3 is 2.46 bits per heavy atom. The van der Waals surface area contributed by atoms with Crippen LogP contribution in [-0.4, -0.2) is 20.8 Å². The number of carbonyl (C=O) groups is 1. The molecule has 0 saturated carbocycles. The van der Waals surface area contributed by atoms with E-state index >= 15 is 0 Å². The average Bonchev–Trinajstić information content (AvgIpc) is 3.36. The first kappa shape index (κ1) is 17.7. The van der Waals surface area contributed by atoms with Crippen molar-refractivity contribution in [2.45, 2.75) is 19.9 Å². The van der Waals surface area contributed by atoms with Gasteiger partial charge in [0, 0.05) is 22.9 Å². The fraction of sp³-hybridized carbons (Fsp3) is 0.136. The highest BCUT2D eigenvalue weighted by molar-refractivity contribution is 5.92. The van der Waals surface area contributed by atoms with Crippen LogP contribution < -0.4 is 5.32 Å². The molecule has 2 aromatic heterocycles. The van der Waals surface area contributed by atoms with E-state index in [1.807, 2.05) is 79.2 Å². The summed E-state index contributed by atoms with van der Waals surface area (Å²) in [5.41, 5.74) is 4.43.